The quantitative estimate of drug-likeness (QED) is 0.621. The van der Waals surface area contributed by atoms with E-state index in [2.05, 4.69) is 20.6 Å². The van der Waals surface area contributed by atoms with E-state index in [0.29, 0.717) is 34.3 Å². The first-order valence-electron chi connectivity index (χ1n) is 7.97. The van der Waals surface area contributed by atoms with Crippen molar-refractivity contribution in [3.05, 3.63) is 76.9 Å². The topological polar surface area (TPSA) is 59.1 Å². The van der Waals surface area contributed by atoms with Crippen LogP contribution in [-0.2, 0) is 6.54 Å². The van der Waals surface area contributed by atoms with Crippen LogP contribution in [0.2, 0.25) is 5.02 Å². The first-order valence-corrected chi connectivity index (χ1v) is 8.75. The van der Waals surface area contributed by atoms with E-state index in [9.17, 15) is 0 Å². The second-order valence-electron chi connectivity index (χ2n) is 5.49. The maximum absolute atomic E-state index is 6.14. The number of aromatic nitrogens is 2. The van der Waals surface area contributed by atoms with Crippen LogP contribution in [0.3, 0.4) is 0 Å². The van der Waals surface area contributed by atoms with Crippen LogP contribution in [0.25, 0.3) is 0 Å². The summed E-state index contributed by atoms with van der Waals surface area (Å²) in [4.78, 5) is 8.68. The molecule has 0 bridgehead atoms. The molecular weight excluding hydrogens is 368 g/mol. The van der Waals surface area contributed by atoms with Gasteiger partial charge in [0.05, 0.1) is 0 Å². The van der Waals surface area contributed by atoms with Crippen molar-refractivity contribution in [3.8, 4) is 11.6 Å². The minimum Gasteiger partial charge on any atom is -0.439 e. The molecule has 3 rings (SSSR count). The van der Waals surface area contributed by atoms with Gasteiger partial charge in [0, 0.05) is 23.3 Å². The fourth-order valence-electron chi connectivity index (χ4n) is 2.22. The summed E-state index contributed by atoms with van der Waals surface area (Å²) in [5.41, 5.74) is 1.72. The molecular formula is C19H17ClN4OS. The molecule has 1 heterocycles. The Labute approximate surface area is 162 Å². The Morgan fingerprint density at radius 1 is 1.08 bits per heavy atom. The molecule has 0 aliphatic heterocycles. The largest absolute Gasteiger partial charge is 0.439 e. The maximum atomic E-state index is 6.14. The molecule has 7 heteroatoms. The molecule has 132 valence electrons. The Hall–Kier alpha value is -2.70. The smallest absolute Gasteiger partial charge is 0.232 e. The van der Waals surface area contributed by atoms with Crippen molar-refractivity contribution >= 4 is 34.9 Å². The van der Waals surface area contributed by atoms with Crippen molar-refractivity contribution in [3.63, 3.8) is 0 Å². The second-order valence-corrected chi connectivity index (χ2v) is 6.30. The summed E-state index contributed by atoms with van der Waals surface area (Å²) in [6, 6.07) is 18.8. The Kier molecular flexibility index (Phi) is 5.99. The minimum absolute atomic E-state index is 0.368. The Balaban J connectivity index is 1.63. The first-order chi connectivity index (χ1) is 12.6. The number of ether oxygens (including phenoxy) is 1. The van der Waals surface area contributed by atoms with E-state index >= 15 is 0 Å². The predicted molar refractivity (Wildman–Crippen MR) is 108 cm³/mol. The van der Waals surface area contributed by atoms with Gasteiger partial charge in [0.1, 0.15) is 5.75 Å². The number of hydrogen-bond acceptors (Lipinski definition) is 4. The molecule has 1 aromatic heterocycles. The van der Waals surface area contributed by atoms with E-state index in [0.717, 1.165) is 11.3 Å². The van der Waals surface area contributed by atoms with Gasteiger partial charge in [-0.1, -0.05) is 48.0 Å². The van der Waals surface area contributed by atoms with Crippen LogP contribution in [0, 0.1) is 6.92 Å². The Morgan fingerprint density at radius 2 is 1.81 bits per heavy atom. The van der Waals surface area contributed by atoms with Crippen molar-refractivity contribution in [2.24, 2.45) is 0 Å². The van der Waals surface area contributed by atoms with Gasteiger partial charge in [-0.3, -0.25) is 0 Å². The molecule has 0 fully saturated rings. The average Bonchev–Trinajstić information content (AvgIpc) is 2.61. The normalized spacial score (nSPS) is 10.2. The third kappa shape index (κ3) is 5.15. The molecule has 2 N–H and O–H groups in total. The van der Waals surface area contributed by atoms with E-state index < -0.39 is 0 Å². The summed E-state index contributed by atoms with van der Waals surface area (Å²) in [6.45, 7) is 2.37. The van der Waals surface area contributed by atoms with Crippen molar-refractivity contribution in [2.75, 3.05) is 5.32 Å². The summed E-state index contributed by atoms with van der Waals surface area (Å²) in [7, 11) is 0. The summed E-state index contributed by atoms with van der Waals surface area (Å²) in [5.74, 6) is 1.52. The van der Waals surface area contributed by atoms with E-state index in [-0.39, 0.29) is 0 Å². The average molecular weight is 385 g/mol. The fourth-order valence-corrected chi connectivity index (χ4v) is 2.59. The molecule has 2 aromatic carbocycles. The van der Waals surface area contributed by atoms with Gasteiger partial charge in [-0.25, -0.2) is 4.98 Å². The summed E-state index contributed by atoms with van der Waals surface area (Å²) in [5, 5.41) is 7.16. The number of aryl methyl sites for hydroxylation is 1. The lowest BCUT2D eigenvalue weighted by Gasteiger charge is -2.12. The maximum Gasteiger partial charge on any atom is 0.232 e. The van der Waals surface area contributed by atoms with Gasteiger partial charge in [-0.05, 0) is 42.9 Å². The lowest BCUT2D eigenvalue weighted by atomic mass is 10.2. The number of thiocarbonyl (C=S) groups is 1. The molecule has 5 nitrogen and oxygen atoms in total. The van der Waals surface area contributed by atoms with Gasteiger partial charge in [-0.15, -0.1) is 0 Å². The molecule has 0 spiro atoms. The molecule has 26 heavy (non-hydrogen) atoms. The molecule has 0 unspecified atom stereocenters. The number of rotatable bonds is 5. The fraction of sp³-hybridized carbons (Fsp3) is 0.105. The molecule has 0 radical (unpaired) electrons. The van der Waals surface area contributed by atoms with Crippen LogP contribution in [0.1, 0.15) is 11.3 Å². The highest BCUT2D eigenvalue weighted by Gasteiger charge is 2.07. The Bertz CT molecular complexity index is 905. The van der Waals surface area contributed by atoms with Crippen LogP contribution in [-0.4, -0.2) is 15.1 Å². The lowest BCUT2D eigenvalue weighted by Crippen LogP contribution is -2.28. The monoisotopic (exact) mass is 384 g/mol. The predicted octanol–water partition coefficient (Wildman–Crippen LogP) is 4.72. The zero-order chi connectivity index (χ0) is 18.4. The van der Waals surface area contributed by atoms with E-state index in [1.54, 1.807) is 6.07 Å². The molecule has 0 aliphatic rings. The van der Waals surface area contributed by atoms with E-state index in [1.165, 1.54) is 0 Å². The van der Waals surface area contributed by atoms with Crippen molar-refractivity contribution < 1.29 is 4.74 Å². The van der Waals surface area contributed by atoms with Crippen LogP contribution in [0.15, 0.2) is 60.7 Å². The number of hydrogen-bond donors (Lipinski definition) is 2. The number of nitrogens with zero attached hydrogens (tertiary/aromatic N) is 2. The highest BCUT2D eigenvalue weighted by atomic mass is 35.5. The number of benzene rings is 2. The van der Waals surface area contributed by atoms with Crippen LogP contribution in [0.4, 0.5) is 5.95 Å². The molecule has 0 atom stereocenters. The number of anilines is 1. The lowest BCUT2D eigenvalue weighted by molar-refractivity contribution is 0.462. The summed E-state index contributed by atoms with van der Waals surface area (Å²) >= 11 is 11.5. The van der Waals surface area contributed by atoms with Gasteiger partial charge in [0.15, 0.2) is 5.11 Å². The summed E-state index contributed by atoms with van der Waals surface area (Å²) < 4.78 is 5.75. The third-order valence-corrected chi connectivity index (χ3v) is 4.03. The molecule has 0 saturated heterocycles. The van der Waals surface area contributed by atoms with E-state index in [4.69, 9.17) is 28.6 Å². The zero-order valence-electron chi connectivity index (χ0n) is 14.1. The Morgan fingerprint density at radius 3 is 2.58 bits per heavy atom. The van der Waals surface area contributed by atoms with Crippen LogP contribution < -0.4 is 15.4 Å². The summed E-state index contributed by atoms with van der Waals surface area (Å²) in [6.07, 6.45) is 0. The van der Waals surface area contributed by atoms with Crippen LogP contribution >= 0.6 is 23.8 Å². The van der Waals surface area contributed by atoms with Gasteiger partial charge in [0.2, 0.25) is 11.8 Å². The second kappa shape index (κ2) is 8.60. The number of para-hydroxylation sites is 1. The molecule has 3 aromatic rings. The number of nitrogens with one attached hydrogen (secondary N) is 2. The van der Waals surface area contributed by atoms with Crippen molar-refractivity contribution in [1.29, 1.82) is 0 Å². The SMILES string of the molecule is Cc1cc(Oc2ccccc2)nc(NC(=S)NCc2ccccc2Cl)n1. The van der Waals surface area contributed by atoms with E-state index in [1.807, 2.05) is 61.5 Å². The molecule has 0 aliphatic carbocycles. The van der Waals surface area contributed by atoms with Gasteiger partial charge in [-0.2, -0.15) is 4.98 Å². The third-order valence-electron chi connectivity index (χ3n) is 3.42. The van der Waals surface area contributed by atoms with Gasteiger partial charge < -0.3 is 15.4 Å². The van der Waals surface area contributed by atoms with Crippen molar-refractivity contribution in [1.82, 2.24) is 15.3 Å². The molecule has 0 amide bonds. The first kappa shape index (κ1) is 18.1. The molecule has 0 saturated carbocycles. The standard InChI is InChI=1S/C19H17ClN4OS/c1-13-11-17(25-15-8-3-2-4-9-15)23-18(22-13)24-19(26)21-12-14-7-5-6-10-16(14)20/h2-11H,12H2,1H3,(H2,21,22,23,24,26). The van der Waals surface area contributed by atoms with Crippen LogP contribution in [0.5, 0.6) is 11.6 Å². The highest BCUT2D eigenvalue weighted by Crippen LogP contribution is 2.20. The minimum atomic E-state index is 0.368. The highest BCUT2D eigenvalue weighted by molar-refractivity contribution is 7.80. The van der Waals surface area contributed by atoms with Crippen molar-refractivity contribution in [2.45, 2.75) is 13.5 Å². The van der Waals surface area contributed by atoms with Gasteiger partial charge in [0.25, 0.3) is 0 Å². The number of halogens is 1. The zero-order valence-corrected chi connectivity index (χ0v) is 15.6. The van der Waals surface area contributed by atoms with Gasteiger partial charge >= 0.3 is 0 Å².